The second-order valence-electron chi connectivity index (χ2n) is 4.25. The molecule has 0 bridgehead atoms. The van der Waals surface area contributed by atoms with E-state index in [-0.39, 0.29) is 0 Å². The van der Waals surface area contributed by atoms with Crippen molar-refractivity contribution in [2.75, 3.05) is 12.8 Å². The molecule has 2 rings (SSSR count). The van der Waals surface area contributed by atoms with Crippen LogP contribution >= 0.6 is 11.8 Å². The van der Waals surface area contributed by atoms with Gasteiger partial charge in [-0.1, -0.05) is 0 Å². The third kappa shape index (κ3) is 2.98. The Bertz CT molecular complexity index is 587. The van der Waals surface area contributed by atoms with Gasteiger partial charge in [-0.25, -0.2) is 0 Å². The first-order valence-corrected chi connectivity index (χ1v) is 6.93. The Balaban J connectivity index is 2.19. The maximum Gasteiger partial charge on any atom is 0.128 e. The zero-order valence-corrected chi connectivity index (χ0v) is 12.1. The molecule has 19 heavy (non-hydrogen) atoms. The summed E-state index contributed by atoms with van der Waals surface area (Å²) < 4.78 is 5.41. The first kappa shape index (κ1) is 13.7. The Labute approximate surface area is 117 Å². The minimum absolute atomic E-state index is 0.698. The van der Waals surface area contributed by atoms with Crippen LogP contribution < -0.4 is 10.5 Å². The van der Waals surface area contributed by atoms with Crippen molar-refractivity contribution >= 4 is 17.4 Å². The smallest absolute Gasteiger partial charge is 0.128 e. The maximum absolute atomic E-state index is 5.87. The van der Waals surface area contributed by atoms with Crippen LogP contribution in [0.4, 0.5) is 5.69 Å². The summed E-state index contributed by atoms with van der Waals surface area (Å²) in [6.45, 7) is 4.03. The van der Waals surface area contributed by atoms with Crippen LogP contribution in [0.15, 0.2) is 29.6 Å². The summed E-state index contributed by atoms with van der Waals surface area (Å²) in [6.07, 6.45) is 5.25. The zero-order chi connectivity index (χ0) is 13.8. The molecule has 0 aliphatic rings. The Morgan fingerprint density at radius 2 is 2.11 bits per heavy atom. The van der Waals surface area contributed by atoms with E-state index in [0.29, 0.717) is 5.69 Å². The average Bonchev–Trinajstić information content (AvgIpc) is 2.40. The SMILES string of the molecule is COc1c(C)cnc(CSc2ccncc2N)c1C. The van der Waals surface area contributed by atoms with E-state index in [0.717, 1.165) is 33.2 Å². The second-order valence-corrected chi connectivity index (χ2v) is 5.27. The molecule has 2 aromatic heterocycles. The van der Waals surface area contributed by atoms with E-state index >= 15 is 0 Å². The molecule has 100 valence electrons. The van der Waals surface area contributed by atoms with Crippen molar-refractivity contribution in [3.05, 3.63) is 41.5 Å². The molecule has 0 radical (unpaired) electrons. The van der Waals surface area contributed by atoms with Crippen LogP contribution in [0.5, 0.6) is 5.75 Å². The highest BCUT2D eigenvalue weighted by Crippen LogP contribution is 2.30. The number of methoxy groups -OCH3 is 1. The van der Waals surface area contributed by atoms with Crippen molar-refractivity contribution < 1.29 is 4.74 Å². The van der Waals surface area contributed by atoms with Crippen molar-refractivity contribution in [1.29, 1.82) is 0 Å². The number of hydrogen-bond donors (Lipinski definition) is 1. The molecule has 0 fully saturated rings. The van der Waals surface area contributed by atoms with Crippen molar-refractivity contribution in [3.63, 3.8) is 0 Å². The predicted molar refractivity (Wildman–Crippen MR) is 78.5 cm³/mol. The lowest BCUT2D eigenvalue weighted by Gasteiger charge is -2.12. The first-order chi connectivity index (χ1) is 9.13. The van der Waals surface area contributed by atoms with E-state index < -0.39 is 0 Å². The van der Waals surface area contributed by atoms with Gasteiger partial charge < -0.3 is 10.5 Å². The van der Waals surface area contributed by atoms with Crippen LogP contribution in [0.3, 0.4) is 0 Å². The molecule has 5 heteroatoms. The molecular formula is C14H17N3OS. The summed E-state index contributed by atoms with van der Waals surface area (Å²) >= 11 is 1.66. The lowest BCUT2D eigenvalue weighted by atomic mass is 10.1. The molecule has 0 atom stereocenters. The number of ether oxygens (including phenoxy) is 1. The van der Waals surface area contributed by atoms with Crippen LogP contribution in [0.2, 0.25) is 0 Å². The number of aryl methyl sites for hydroxylation is 1. The largest absolute Gasteiger partial charge is 0.496 e. The van der Waals surface area contributed by atoms with Gasteiger partial charge >= 0.3 is 0 Å². The van der Waals surface area contributed by atoms with E-state index in [9.17, 15) is 0 Å². The van der Waals surface area contributed by atoms with Gasteiger partial charge in [0, 0.05) is 34.2 Å². The molecule has 2 heterocycles. The Hall–Kier alpha value is -1.75. The lowest BCUT2D eigenvalue weighted by Crippen LogP contribution is -1.99. The minimum atomic E-state index is 0.698. The lowest BCUT2D eigenvalue weighted by molar-refractivity contribution is 0.407. The molecule has 0 aliphatic carbocycles. The molecule has 0 spiro atoms. The van der Waals surface area contributed by atoms with Crippen molar-refractivity contribution in [1.82, 2.24) is 9.97 Å². The minimum Gasteiger partial charge on any atom is -0.496 e. The number of nitrogen functional groups attached to an aromatic ring is 1. The summed E-state index contributed by atoms with van der Waals surface area (Å²) in [4.78, 5) is 9.48. The maximum atomic E-state index is 5.87. The second kappa shape index (κ2) is 5.93. The van der Waals surface area contributed by atoms with Crippen LogP contribution in [-0.2, 0) is 5.75 Å². The Morgan fingerprint density at radius 3 is 2.79 bits per heavy atom. The molecule has 4 nitrogen and oxygen atoms in total. The quantitative estimate of drug-likeness (QED) is 0.869. The third-order valence-corrected chi connectivity index (χ3v) is 4.02. The third-order valence-electron chi connectivity index (χ3n) is 2.92. The number of anilines is 1. The number of nitrogens with two attached hydrogens (primary N) is 1. The van der Waals surface area contributed by atoms with Gasteiger partial charge in [-0.3, -0.25) is 9.97 Å². The molecule has 0 unspecified atom stereocenters. The van der Waals surface area contributed by atoms with Crippen LogP contribution in [0.1, 0.15) is 16.8 Å². The fourth-order valence-corrected chi connectivity index (χ4v) is 2.85. The normalized spacial score (nSPS) is 10.5. The fourth-order valence-electron chi connectivity index (χ4n) is 1.89. The van der Waals surface area contributed by atoms with E-state index in [2.05, 4.69) is 9.97 Å². The van der Waals surface area contributed by atoms with Crippen molar-refractivity contribution in [2.24, 2.45) is 0 Å². The molecule has 0 aromatic carbocycles. The number of thioether (sulfide) groups is 1. The van der Waals surface area contributed by atoms with Crippen molar-refractivity contribution in [2.45, 2.75) is 24.5 Å². The average molecular weight is 275 g/mol. The zero-order valence-electron chi connectivity index (χ0n) is 11.3. The standard InChI is InChI=1S/C14H17N3OS/c1-9-6-17-12(10(2)14(9)18-3)8-19-13-4-5-16-7-11(13)15/h4-7H,8,15H2,1-3H3. The van der Waals surface area contributed by atoms with Crippen LogP contribution in [0.25, 0.3) is 0 Å². The monoisotopic (exact) mass is 275 g/mol. The topological polar surface area (TPSA) is 61.0 Å². The van der Waals surface area contributed by atoms with Gasteiger partial charge in [0.05, 0.1) is 24.7 Å². The summed E-state index contributed by atoms with van der Waals surface area (Å²) in [7, 11) is 1.69. The van der Waals surface area contributed by atoms with Gasteiger partial charge in [-0.15, -0.1) is 11.8 Å². The van der Waals surface area contributed by atoms with E-state index in [4.69, 9.17) is 10.5 Å². The van der Waals surface area contributed by atoms with E-state index in [1.807, 2.05) is 26.1 Å². The Kier molecular flexibility index (Phi) is 4.27. The molecule has 2 N–H and O–H groups in total. The number of hydrogen-bond acceptors (Lipinski definition) is 5. The van der Waals surface area contributed by atoms with Gasteiger partial charge in [-0.2, -0.15) is 0 Å². The summed E-state index contributed by atoms with van der Waals surface area (Å²) in [5.41, 5.74) is 9.73. The highest BCUT2D eigenvalue weighted by Gasteiger charge is 2.10. The molecule has 2 aromatic rings. The summed E-state index contributed by atoms with van der Waals surface area (Å²) in [6, 6.07) is 1.92. The van der Waals surface area contributed by atoms with Gasteiger partial charge in [0.1, 0.15) is 5.75 Å². The van der Waals surface area contributed by atoms with E-state index in [1.165, 1.54) is 0 Å². The number of nitrogens with zero attached hydrogens (tertiary/aromatic N) is 2. The molecule has 0 aliphatic heterocycles. The highest BCUT2D eigenvalue weighted by molar-refractivity contribution is 7.98. The molecular weight excluding hydrogens is 258 g/mol. The van der Waals surface area contributed by atoms with Gasteiger partial charge in [0.25, 0.3) is 0 Å². The highest BCUT2D eigenvalue weighted by atomic mass is 32.2. The fraction of sp³-hybridized carbons (Fsp3) is 0.286. The first-order valence-electron chi connectivity index (χ1n) is 5.94. The molecule has 0 saturated carbocycles. The summed E-state index contributed by atoms with van der Waals surface area (Å²) in [5.74, 6) is 1.67. The summed E-state index contributed by atoms with van der Waals surface area (Å²) in [5, 5.41) is 0. The Morgan fingerprint density at radius 1 is 1.32 bits per heavy atom. The molecule has 0 amide bonds. The van der Waals surface area contributed by atoms with E-state index in [1.54, 1.807) is 31.3 Å². The number of aromatic nitrogens is 2. The molecule has 0 saturated heterocycles. The van der Waals surface area contributed by atoms with Crippen LogP contribution in [0, 0.1) is 13.8 Å². The number of pyridine rings is 2. The van der Waals surface area contributed by atoms with Gasteiger partial charge in [0.15, 0.2) is 0 Å². The van der Waals surface area contributed by atoms with Crippen LogP contribution in [-0.4, -0.2) is 17.1 Å². The predicted octanol–water partition coefficient (Wildman–Crippen LogP) is 2.98. The van der Waals surface area contributed by atoms with Gasteiger partial charge in [0.2, 0.25) is 0 Å². The number of rotatable bonds is 4. The van der Waals surface area contributed by atoms with Gasteiger partial charge in [-0.05, 0) is 19.9 Å². The van der Waals surface area contributed by atoms with Crippen molar-refractivity contribution in [3.8, 4) is 5.75 Å².